The third-order valence-electron chi connectivity index (χ3n) is 2.11. The van der Waals surface area contributed by atoms with Gasteiger partial charge in [-0.05, 0) is 27.2 Å². The molecule has 0 amide bonds. The van der Waals surface area contributed by atoms with Crippen molar-refractivity contribution in [3.05, 3.63) is 6.33 Å². The molecular weight excluding hydrogens is 246 g/mol. The summed E-state index contributed by atoms with van der Waals surface area (Å²) in [5, 5.41) is 0. The van der Waals surface area contributed by atoms with E-state index in [9.17, 15) is 0 Å². The molecule has 2 N–H and O–H groups in total. The van der Waals surface area contributed by atoms with Gasteiger partial charge in [0, 0.05) is 0 Å². The molecule has 108 valence electrons. The van der Waals surface area contributed by atoms with Crippen molar-refractivity contribution < 1.29 is 14.2 Å². The molecule has 0 aliphatic carbocycles. The second kappa shape index (κ2) is 7.13. The molecule has 1 aromatic rings. The first-order valence-corrected chi connectivity index (χ1v) is 6.44. The average Bonchev–Trinajstić information content (AvgIpc) is 2.33. The van der Waals surface area contributed by atoms with Crippen LogP contribution in [0.2, 0.25) is 0 Å². The minimum atomic E-state index is -0.185. The SMILES string of the molecule is CCCOc1ncnc(OCCOC(C)(C)C)c1N. The van der Waals surface area contributed by atoms with Crippen molar-refractivity contribution in [2.75, 3.05) is 25.6 Å². The molecule has 19 heavy (non-hydrogen) atoms. The maximum absolute atomic E-state index is 5.88. The number of nitrogens with zero attached hydrogens (tertiary/aromatic N) is 2. The van der Waals surface area contributed by atoms with Crippen molar-refractivity contribution in [1.82, 2.24) is 9.97 Å². The molecule has 0 fully saturated rings. The second-order valence-electron chi connectivity index (χ2n) is 5.06. The number of rotatable bonds is 7. The molecule has 0 aliphatic heterocycles. The van der Waals surface area contributed by atoms with Crippen LogP contribution in [0.1, 0.15) is 34.1 Å². The molecule has 0 bridgehead atoms. The number of anilines is 1. The fourth-order valence-corrected chi connectivity index (χ4v) is 1.28. The summed E-state index contributed by atoms with van der Waals surface area (Å²) in [6, 6.07) is 0. The summed E-state index contributed by atoms with van der Waals surface area (Å²) in [4.78, 5) is 7.96. The lowest BCUT2D eigenvalue weighted by molar-refractivity contribution is -0.0167. The fourth-order valence-electron chi connectivity index (χ4n) is 1.28. The minimum absolute atomic E-state index is 0.185. The summed E-state index contributed by atoms with van der Waals surface area (Å²) in [5.74, 6) is 0.696. The van der Waals surface area contributed by atoms with Crippen LogP contribution in [0, 0.1) is 0 Å². The van der Waals surface area contributed by atoms with E-state index in [0.717, 1.165) is 6.42 Å². The van der Waals surface area contributed by atoms with Gasteiger partial charge >= 0.3 is 0 Å². The van der Waals surface area contributed by atoms with Crippen molar-refractivity contribution in [3.63, 3.8) is 0 Å². The number of nitrogens with two attached hydrogens (primary N) is 1. The lowest BCUT2D eigenvalue weighted by Crippen LogP contribution is -2.22. The Kier molecular flexibility index (Phi) is 5.82. The highest BCUT2D eigenvalue weighted by molar-refractivity contribution is 5.55. The first-order valence-electron chi connectivity index (χ1n) is 6.44. The van der Waals surface area contributed by atoms with Crippen LogP contribution < -0.4 is 15.2 Å². The summed E-state index contributed by atoms with van der Waals surface area (Å²) in [6.45, 7) is 9.39. The molecule has 0 spiro atoms. The minimum Gasteiger partial charge on any atom is -0.476 e. The van der Waals surface area contributed by atoms with E-state index < -0.39 is 0 Å². The summed E-state index contributed by atoms with van der Waals surface area (Å²) in [6.07, 6.45) is 2.26. The smallest absolute Gasteiger partial charge is 0.244 e. The molecule has 0 saturated carbocycles. The van der Waals surface area contributed by atoms with E-state index in [-0.39, 0.29) is 5.60 Å². The Hall–Kier alpha value is -1.56. The van der Waals surface area contributed by atoms with Crippen LogP contribution in [0.5, 0.6) is 11.8 Å². The zero-order valence-corrected chi connectivity index (χ0v) is 12.1. The molecule has 0 radical (unpaired) electrons. The van der Waals surface area contributed by atoms with Gasteiger partial charge in [-0.15, -0.1) is 0 Å². The molecule has 6 heteroatoms. The van der Waals surface area contributed by atoms with Gasteiger partial charge in [0.2, 0.25) is 11.8 Å². The Bertz CT molecular complexity index is 391. The molecule has 0 aromatic carbocycles. The second-order valence-corrected chi connectivity index (χ2v) is 5.06. The number of nitrogen functional groups attached to an aromatic ring is 1. The number of hydrogen-bond donors (Lipinski definition) is 1. The van der Waals surface area contributed by atoms with E-state index in [1.54, 1.807) is 0 Å². The zero-order chi connectivity index (χ0) is 14.3. The Balaban J connectivity index is 2.49. The highest BCUT2D eigenvalue weighted by atomic mass is 16.5. The van der Waals surface area contributed by atoms with Gasteiger partial charge in [-0.2, -0.15) is 9.97 Å². The predicted molar refractivity (Wildman–Crippen MR) is 73.4 cm³/mol. The molecule has 0 unspecified atom stereocenters. The quantitative estimate of drug-likeness (QED) is 0.763. The Morgan fingerprint density at radius 2 is 1.63 bits per heavy atom. The Morgan fingerprint density at radius 1 is 1.05 bits per heavy atom. The summed E-state index contributed by atoms with van der Waals surface area (Å²) in [5.41, 5.74) is 6.02. The third-order valence-corrected chi connectivity index (χ3v) is 2.11. The summed E-state index contributed by atoms with van der Waals surface area (Å²) >= 11 is 0. The van der Waals surface area contributed by atoms with Gasteiger partial charge in [0.15, 0.2) is 5.69 Å². The lowest BCUT2D eigenvalue weighted by Gasteiger charge is -2.19. The van der Waals surface area contributed by atoms with Gasteiger partial charge in [0.25, 0.3) is 0 Å². The first kappa shape index (κ1) is 15.5. The molecule has 0 atom stereocenters. The topological polar surface area (TPSA) is 79.5 Å². The lowest BCUT2D eigenvalue weighted by atomic mass is 10.2. The molecule has 1 heterocycles. The highest BCUT2D eigenvalue weighted by Crippen LogP contribution is 2.26. The third kappa shape index (κ3) is 5.74. The van der Waals surface area contributed by atoms with Crippen molar-refractivity contribution in [1.29, 1.82) is 0 Å². The molecule has 6 nitrogen and oxygen atoms in total. The van der Waals surface area contributed by atoms with E-state index in [1.807, 2.05) is 27.7 Å². The molecular formula is C13H23N3O3. The molecule has 1 rings (SSSR count). The summed E-state index contributed by atoms with van der Waals surface area (Å²) in [7, 11) is 0. The van der Waals surface area contributed by atoms with Gasteiger partial charge in [0.1, 0.15) is 12.9 Å². The van der Waals surface area contributed by atoms with Gasteiger partial charge in [-0.25, -0.2) is 0 Å². The normalized spacial score (nSPS) is 11.4. The Labute approximate surface area is 114 Å². The largest absolute Gasteiger partial charge is 0.476 e. The van der Waals surface area contributed by atoms with E-state index in [2.05, 4.69) is 9.97 Å². The van der Waals surface area contributed by atoms with E-state index in [1.165, 1.54) is 6.33 Å². The maximum atomic E-state index is 5.88. The molecule has 0 aliphatic rings. The number of aromatic nitrogens is 2. The molecule has 1 aromatic heterocycles. The van der Waals surface area contributed by atoms with Crippen molar-refractivity contribution in [2.45, 2.75) is 39.7 Å². The van der Waals surface area contributed by atoms with Crippen LogP contribution in [0.25, 0.3) is 0 Å². The fraction of sp³-hybridized carbons (Fsp3) is 0.692. The van der Waals surface area contributed by atoms with Crippen LogP contribution in [0.4, 0.5) is 5.69 Å². The molecule has 0 saturated heterocycles. The highest BCUT2D eigenvalue weighted by Gasteiger charge is 2.12. The predicted octanol–water partition coefficient (Wildman–Crippen LogP) is 2.04. The van der Waals surface area contributed by atoms with Crippen molar-refractivity contribution in [3.8, 4) is 11.8 Å². The number of ether oxygens (including phenoxy) is 3. The van der Waals surface area contributed by atoms with Crippen LogP contribution in [0.15, 0.2) is 6.33 Å². The van der Waals surface area contributed by atoms with Gasteiger partial charge in [0.05, 0.1) is 18.8 Å². The van der Waals surface area contributed by atoms with Crippen LogP contribution in [-0.2, 0) is 4.74 Å². The van der Waals surface area contributed by atoms with E-state index in [4.69, 9.17) is 19.9 Å². The van der Waals surface area contributed by atoms with Gasteiger partial charge < -0.3 is 19.9 Å². The van der Waals surface area contributed by atoms with Crippen molar-refractivity contribution >= 4 is 5.69 Å². The van der Waals surface area contributed by atoms with Crippen LogP contribution >= 0.6 is 0 Å². The summed E-state index contributed by atoms with van der Waals surface area (Å²) < 4.78 is 16.4. The van der Waals surface area contributed by atoms with Gasteiger partial charge in [-0.3, -0.25) is 0 Å². The van der Waals surface area contributed by atoms with E-state index in [0.29, 0.717) is 37.3 Å². The number of hydrogen-bond acceptors (Lipinski definition) is 6. The van der Waals surface area contributed by atoms with Crippen molar-refractivity contribution in [2.24, 2.45) is 0 Å². The van der Waals surface area contributed by atoms with Crippen LogP contribution in [-0.4, -0.2) is 35.4 Å². The van der Waals surface area contributed by atoms with Gasteiger partial charge in [-0.1, -0.05) is 6.92 Å². The first-order chi connectivity index (χ1) is 8.94. The standard InChI is InChI=1S/C13H23N3O3/c1-5-6-17-11-10(14)12(16-9-15-11)18-7-8-19-13(2,3)4/h9H,5-8,14H2,1-4H3. The Morgan fingerprint density at radius 3 is 2.16 bits per heavy atom. The average molecular weight is 269 g/mol. The van der Waals surface area contributed by atoms with E-state index >= 15 is 0 Å². The monoisotopic (exact) mass is 269 g/mol. The van der Waals surface area contributed by atoms with Crippen LogP contribution in [0.3, 0.4) is 0 Å². The maximum Gasteiger partial charge on any atom is 0.244 e. The zero-order valence-electron chi connectivity index (χ0n) is 12.1.